The summed E-state index contributed by atoms with van der Waals surface area (Å²) < 4.78 is 1.17. The van der Waals surface area contributed by atoms with Gasteiger partial charge in [0.1, 0.15) is 11.9 Å². The number of hydrogen-bond acceptors (Lipinski definition) is 6. The van der Waals surface area contributed by atoms with E-state index >= 15 is 0 Å². The number of hydrogen-bond donors (Lipinski definition) is 4. The molecule has 0 radical (unpaired) electrons. The molecule has 1 aromatic heterocycles. The van der Waals surface area contributed by atoms with E-state index in [9.17, 15) is 20.1 Å². The summed E-state index contributed by atoms with van der Waals surface area (Å²) in [6.45, 7) is 4.29. The highest BCUT2D eigenvalue weighted by Crippen LogP contribution is 2.29. The van der Waals surface area contributed by atoms with Crippen LogP contribution < -0.4 is 11.4 Å². The fraction of sp³-hybridized carbons (Fsp3) is 0.571. The number of aliphatic hydroxyl groups excluding tert-OH is 2. The van der Waals surface area contributed by atoms with Crippen LogP contribution in [0.4, 0.5) is 5.82 Å². The molecule has 0 amide bonds. The van der Waals surface area contributed by atoms with Gasteiger partial charge in [0, 0.05) is 23.6 Å². The average molecular weight is 330 g/mol. The van der Waals surface area contributed by atoms with Crippen LogP contribution in [0.25, 0.3) is 0 Å². The van der Waals surface area contributed by atoms with Crippen molar-refractivity contribution in [3.63, 3.8) is 0 Å². The van der Waals surface area contributed by atoms with Gasteiger partial charge >= 0.3 is 5.69 Å². The van der Waals surface area contributed by atoms with Crippen molar-refractivity contribution < 1.29 is 15.3 Å². The third-order valence-corrected chi connectivity index (χ3v) is 3.81. The molecule has 8 heteroatoms. The van der Waals surface area contributed by atoms with Gasteiger partial charge in [-0.15, -0.1) is 0 Å². The van der Waals surface area contributed by atoms with E-state index in [0.29, 0.717) is 5.69 Å². The lowest BCUT2D eigenvalue weighted by molar-refractivity contribution is -0.0938. The standard InChI is InChI=1S/C14H20ClN3O4/c1-8(7-19)12(20)14(22,4-5-15)10(3)18-9(2)6-11(16)17-13(18)21/h6,8,10,12,19-20,22H,7H2,1-3H3,(H2,16,17,21)/t8-,10-,12?,14?/m1/s1. The van der Waals surface area contributed by atoms with Crippen molar-refractivity contribution in [3.05, 3.63) is 22.2 Å². The molecule has 1 rings (SSSR count). The summed E-state index contributed by atoms with van der Waals surface area (Å²) in [5.74, 6) is 1.71. The highest BCUT2D eigenvalue weighted by molar-refractivity contribution is 6.30. The molecule has 0 saturated heterocycles. The molecule has 0 saturated carbocycles. The first-order valence-electron chi connectivity index (χ1n) is 6.68. The quantitative estimate of drug-likeness (QED) is 0.546. The van der Waals surface area contributed by atoms with Gasteiger partial charge in [0.25, 0.3) is 0 Å². The molecule has 2 unspecified atom stereocenters. The molecule has 5 N–H and O–H groups in total. The predicted octanol–water partition coefficient (Wildman–Crippen LogP) is -0.385. The van der Waals surface area contributed by atoms with Crippen molar-refractivity contribution in [1.82, 2.24) is 9.55 Å². The van der Waals surface area contributed by atoms with E-state index in [1.807, 2.05) is 5.38 Å². The first kappa shape index (κ1) is 18.5. The number of nitrogens with zero attached hydrogens (tertiary/aromatic N) is 2. The number of anilines is 1. The van der Waals surface area contributed by atoms with Gasteiger partial charge in [-0.25, -0.2) is 4.79 Å². The van der Waals surface area contributed by atoms with E-state index in [4.69, 9.17) is 17.3 Å². The van der Waals surface area contributed by atoms with Gasteiger partial charge in [0.2, 0.25) is 0 Å². The van der Waals surface area contributed by atoms with E-state index in [0.717, 1.165) is 0 Å². The second kappa shape index (κ2) is 7.11. The number of rotatable bonds is 5. The molecule has 0 aliphatic carbocycles. The Morgan fingerprint density at radius 1 is 1.55 bits per heavy atom. The topological polar surface area (TPSA) is 122 Å². The maximum Gasteiger partial charge on any atom is 0.350 e. The number of aromatic nitrogens is 2. The maximum atomic E-state index is 12.1. The molecule has 7 nitrogen and oxygen atoms in total. The van der Waals surface area contributed by atoms with Crippen LogP contribution in [0.1, 0.15) is 25.6 Å². The van der Waals surface area contributed by atoms with Gasteiger partial charge in [0.05, 0.1) is 6.04 Å². The number of aliphatic hydroxyl groups is 3. The van der Waals surface area contributed by atoms with Gasteiger partial charge in [-0.3, -0.25) is 4.57 Å². The van der Waals surface area contributed by atoms with Crippen molar-refractivity contribution >= 4 is 17.4 Å². The zero-order chi connectivity index (χ0) is 17.1. The van der Waals surface area contributed by atoms with Gasteiger partial charge in [-0.05, 0) is 37.4 Å². The van der Waals surface area contributed by atoms with E-state index in [1.165, 1.54) is 24.5 Å². The fourth-order valence-electron chi connectivity index (χ4n) is 2.33. The Morgan fingerprint density at radius 2 is 2.14 bits per heavy atom. The first-order chi connectivity index (χ1) is 10.2. The monoisotopic (exact) mass is 329 g/mol. The second-order valence-corrected chi connectivity index (χ2v) is 5.49. The van der Waals surface area contributed by atoms with E-state index in [1.54, 1.807) is 6.92 Å². The van der Waals surface area contributed by atoms with Gasteiger partial charge in [0.15, 0.2) is 5.60 Å². The van der Waals surface area contributed by atoms with Crippen molar-refractivity contribution in [2.45, 2.75) is 38.5 Å². The van der Waals surface area contributed by atoms with Crippen LogP contribution in [0.15, 0.2) is 10.9 Å². The Balaban J connectivity index is 3.45. The first-order valence-corrected chi connectivity index (χ1v) is 7.06. The van der Waals surface area contributed by atoms with Crippen LogP contribution in [0.5, 0.6) is 0 Å². The number of nitrogen functional groups attached to an aromatic ring is 1. The Bertz CT molecular complexity index is 652. The van der Waals surface area contributed by atoms with Crippen LogP contribution in [0, 0.1) is 24.1 Å². The SMILES string of the molecule is Cc1cc(N)nc(=O)n1[C@H](C)C(O)(C#CCl)C(O)[C@H](C)CO. The normalized spacial score (nSPS) is 17.8. The average Bonchev–Trinajstić information content (AvgIpc) is 2.44. The molecular weight excluding hydrogens is 310 g/mol. The Hall–Kier alpha value is -1.59. The van der Waals surface area contributed by atoms with Crippen LogP contribution in [0.2, 0.25) is 0 Å². The molecule has 1 aromatic rings. The highest BCUT2D eigenvalue weighted by Gasteiger charge is 2.44. The molecule has 22 heavy (non-hydrogen) atoms. The third-order valence-electron chi connectivity index (χ3n) is 3.72. The van der Waals surface area contributed by atoms with Crippen molar-refractivity contribution in [2.24, 2.45) is 5.92 Å². The molecule has 1 heterocycles. The summed E-state index contributed by atoms with van der Waals surface area (Å²) in [5.41, 5.74) is 3.23. The largest absolute Gasteiger partial charge is 0.396 e. The van der Waals surface area contributed by atoms with Crippen molar-refractivity contribution in [2.75, 3.05) is 12.3 Å². The lowest BCUT2D eigenvalue weighted by Crippen LogP contribution is -2.53. The van der Waals surface area contributed by atoms with Gasteiger partial charge in [-0.1, -0.05) is 6.92 Å². The van der Waals surface area contributed by atoms with Crippen LogP contribution in [0.3, 0.4) is 0 Å². The molecule has 0 spiro atoms. The summed E-state index contributed by atoms with van der Waals surface area (Å²) >= 11 is 5.40. The molecule has 0 bridgehead atoms. The molecule has 122 valence electrons. The Morgan fingerprint density at radius 3 is 2.59 bits per heavy atom. The molecular formula is C14H20ClN3O4. The fourth-order valence-corrected chi connectivity index (χ4v) is 2.49. The second-order valence-electron chi connectivity index (χ2n) is 5.30. The number of nitrogens with two attached hydrogens (primary N) is 1. The zero-order valence-electron chi connectivity index (χ0n) is 12.6. The van der Waals surface area contributed by atoms with E-state index in [2.05, 4.69) is 10.9 Å². The number of aryl methyl sites for hydroxylation is 1. The van der Waals surface area contributed by atoms with Crippen LogP contribution in [-0.2, 0) is 0 Å². The van der Waals surface area contributed by atoms with Gasteiger partial charge in [-0.2, -0.15) is 4.98 Å². The summed E-state index contributed by atoms with van der Waals surface area (Å²) in [4.78, 5) is 15.7. The molecule has 0 aliphatic heterocycles. The maximum absolute atomic E-state index is 12.1. The third kappa shape index (κ3) is 3.42. The van der Waals surface area contributed by atoms with Crippen molar-refractivity contribution in [1.29, 1.82) is 0 Å². The van der Waals surface area contributed by atoms with Crippen LogP contribution in [-0.4, -0.2) is 43.2 Å². The lowest BCUT2D eigenvalue weighted by atomic mass is 9.83. The minimum Gasteiger partial charge on any atom is -0.396 e. The summed E-state index contributed by atoms with van der Waals surface area (Å²) in [7, 11) is 0. The van der Waals surface area contributed by atoms with E-state index < -0.39 is 29.4 Å². The summed E-state index contributed by atoms with van der Waals surface area (Å²) in [6, 6.07) is 0.497. The summed E-state index contributed by atoms with van der Waals surface area (Å²) in [6.07, 6.45) is -1.43. The number of halogens is 1. The molecule has 0 aliphatic rings. The van der Waals surface area contributed by atoms with E-state index in [-0.39, 0.29) is 12.4 Å². The van der Waals surface area contributed by atoms with Crippen LogP contribution >= 0.6 is 11.6 Å². The van der Waals surface area contributed by atoms with Crippen molar-refractivity contribution in [3.8, 4) is 11.3 Å². The highest BCUT2D eigenvalue weighted by atomic mass is 35.5. The molecule has 4 atom stereocenters. The Labute approximate surface area is 133 Å². The smallest absolute Gasteiger partial charge is 0.350 e. The summed E-state index contributed by atoms with van der Waals surface area (Å²) in [5, 5.41) is 32.3. The minimum absolute atomic E-state index is 0.0576. The molecule has 0 aromatic carbocycles. The zero-order valence-corrected chi connectivity index (χ0v) is 13.4. The molecule has 0 fully saturated rings. The lowest BCUT2D eigenvalue weighted by Gasteiger charge is -2.37. The predicted molar refractivity (Wildman–Crippen MR) is 83.2 cm³/mol. The Kier molecular flexibility index (Phi) is 5.97. The minimum atomic E-state index is -2.05. The van der Waals surface area contributed by atoms with Gasteiger partial charge < -0.3 is 21.1 Å².